The molecule has 0 aromatic heterocycles. The average Bonchev–Trinajstić information content (AvgIpc) is 3.09. The third kappa shape index (κ3) is 5.06. The monoisotopic (exact) mass is 543 g/mol. The maximum absolute atomic E-state index is 13.0. The van der Waals surface area contributed by atoms with Crippen molar-refractivity contribution in [1.82, 2.24) is 0 Å². The molecule has 3 aromatic rings. The van der Waals surface area contributed by atoms with Crippen molar-refractivity contribution in [2.24, 2.45) is 0 Å². The van der Waals surface area contributed by atoms with E-state index in [1.807, 2.05) is 0 Å². The molecule has 0 saturated carbocycles. The zero-order valence-corrected chi connectivity index (χ0v) is 20.7. The summed E-state index contributed by atoms with van der Waals surface area (Å²) >= 11 is 18.0. The predicted octanol–water partition coefficient (Wildman–Crippen LogP) is 5.47. The number of rotatable bonds is 6. The molecule has 8 nitrogen and oxygen atoms in total. The molecule has 1 aliphatic rings. The average molecular weight is 545 g/mol. The Morgan fingerprint density at radius 3 is 2.17 bits per heavy atom. The third-order valence-electron chi connectivity index (χ3n) is 5.15. The van der Waals surface area contributed by atoms with E-state index in [1.165, 1.54) is 49.6 Å². The van der Waals surface area contributed by atoms with Crippen LogP contribution in [0.1, 0.15) is 20.7 Å². The van der Waals surface area contributed by atoms with Crippen LogP contribution in [0.5, 0.6) is 0 Å². The number of methoxy groups -OCH3 is 1. The topological polar surface area (TPSA) is 105 Å². The van der Waals surface area contributed by atoms with Crippen molar-refractivity contribution in [3.8, 4) is 0 Å². The SMILES string of the molecule is COC(=O)c1cccc(N2C(=O)C(Cl)=C(Nc3ccc(C(=O)Nc4ccc(Cl)c(Cl)c4)cc3)C2=O)c1. The molecule has 4 rings (SSSR count). The van der Waals surface area contributed by atoms with Gasteiger partial charge in [-0.1, -0.05) is 40.9 Å². The molecule has 0 aliphatic carbocycles. The summed E-state index contributed by atoms with van der Waals surface area (Å²) < 4.78 is 4.68. The van der Waals surface area contributed by atoms with Gasteiger partial charge in [-0.15, -0.1) is 0 Å². The number of hydrogen-bond donors (Lipinski definition) is 2. The molecule has 3 aromatic carbocycles. The summed E-state index contributed by atoms with van der Waals surface area (Å²) in [6.07, 6.45) is 0. The quantitative estimate of drug-likeness (QED) is 0.315. The Kier molecular flexibility index (Phi) is 7.30. The van der Waals surface area contributed by atoms with E-state index in [9.17, 15) is 19.2 Å². The van der Waals surface area contributed by atoms with E-state index in [-0.39, 0.29) is 27.9 Å². The molecule has 1 heterocycles. The smallest absolute Gasteiger partial charge is 0.337 e. The van der Waals surface area contributed by atoms with Crippen LogP contribution in [0.2, 0.25) is 10.0 Å². The van der Waals surface area contributed by atoms with E-state index in [1.54, 1.807) is 24.3 Å². The van der Waals surface area contributed by atoms with E-state index < -0.39 is 17.8 Å². The van der Waals surface area contributed by atoms with E-state index >= 15 is 0 Å². The normalized spacial score (nSPS) is 13.2. The first-order valence-electron chi connectivity index (χ1n) is 10.3. The number of carbonyl (C=O) groups is 4. The summed E-state index contributed by atoms with van der Waals surface area (Å²) in [6, 6.07) is 16.7. The van der Waals surface area contributed by atoms with Crippen LogP contribution >= 0.6 is 34.8 Å². The number of halogens is 3. The number of hydrogen-bond acceptors (Lipinski definition) is 6. The minimum absolute atomic E-state index is 0.141. The number of nitrogens with one attached hydrogen (secondary N) is 2. The Balaban J connectivity index is 1.48. The number of nitrogens with zero attached hydrogens (tertiary/aromatic N) is 1. The third-order valence-corrected chi connectivity index (χ3v) is 6.24. The van der Waals surface area contributed by atoms with Crippen molar-refractivity contribution in [1.29, 1.82) is 0 Å². The van der Waals surface area contributed by atoms with Crippen LogP contribution in [0, 0.1) is 0 Å². The van der Waals surface area contributed by atoms with Crippen LogP contribution in [0.25, 0.3) is 0 Å². The van der Waals surface area contributed by atoms with Crippen LogP contribution < -0.4 is 15.5 Å². The van der Waals surface area contributed by atoms with Gasteiger partial charge in [0.2, 0.25) is 0 Å². The summed E-state index contributed by atoms with van der Waals surface area (Å²) in [5.41, 5.74) is 1.42. The van der Waals surface area contributed by atoms with Crippen LogP contribution in [-0.2, 0) is 14.3 Å². The van der Waals surface area contributed by atoms with Gasteiger partial charge in [0.05, 0.1) is 28.4 Å². The first kappa shape index (κ1) is 25.2. The van der Waals surface area contributed by atoms with Crippen molar-refractivity contribution in [3.63, 3.8) is 0 Å². The fourth-order valence-electron chi connectivity index (χ4n) is 3.36. The molecule has 36 heavy (non-hydrogen) atoms. The summed E-state index contributed by atoms with van der Waals surface area (Å²) in [5.74, 6) is -2.45. The van der Waals surface area contributed by atoms with Gasteiger partial charge in [-0.2, -0.15) is 0 Å². The Labute approximate surface area is 220 Å². The van der Waals surface area contributed by atoms with Crippen molar-refractivity contribution < 1.29 is 23.9 Å². The molecule has 1 aliphatic heterocycles. The largest absolute Gasteiger partial charge is 0.465 e. The lowest BCUT2D eigenvalue weighted by Gasteiger charge is -2.16. The second-order valence-corrected chi connectivity index (χ2v) is 8.65. The van der Waals surface area contributed by atoms with Gasteiger partial charge >= 0.3 is 5.97 Å². The van der Waals surface area contributed by atoms with Crippen molar-refractivity contribution in [2.45, 2.75) is 0 Å². The maximum Gasteiger partial charge on any atom is 0.337 e. The summed E-state index contributed by atoms with van der Waals surface area (Å²) in [7, 11) is 1.23. The summed E-state index contributed by atoms with van der Waals surface area (Å²) in [5, 5.41) is 5.90. The van der Waals surface area contributed by atoms with Crippen LogP contribution in [0.15, 0.2) is 77.5 Å². The molecule has 182 valence electrons. The Morgan fingerprint density at radius 1 is 0.806 bits per heavy atom. The molecule has 0 atom stereocenters. The zero-order chi connectivity index (χ0) is 26.0. The highest BCUT2D eigenvalue weighted by atomic mass is 35.5. The van der Waals surface area contributed by atoms with Gasteiger partial charge in [-0.05, 0) is 60.7 Å². The Morgan fingerprint density at radius 2 is 1.50 bits per heavy atom. The highest BCUT2D eigenvalue weighted by Crippen LogP contribution is 2.31. The first-order chi connectivity index (χ1) is 17.2. The fourth-order valence-corrected chi connectivity index (χ4v) is 3.87. The lowest BCUT2D eigenvalue weighted by molar-refractivity contribution is -0.120. The van der Waals surface area contributed by atoms with Gasteiger partial charge < -0.3 is 15.4 Å². The lowest BCUT2D eigenvalue weighted by atomic mass is 10.2. The van der Waals surface area contributed by atoms with E-state index in [0.29, 0.717) is 27.0 Å². The molecular weight excluding hydrogens is 529 g/mol. The molecule has 2 N–H and O–H groups in total. The molecule has 0 radical (unpaired) electrons. The Bertz CT molecular complexity index is 1440. The molecular formula is C25H16Cl3N3O5. The minimum atomic E-state index is -0.746. The number of imide groups is 1. The van der Waals surface area contributed by atoms with Gasteiger partial charge in [0, 0.05) is 16.9 Å². The Hall–Kier alpha value is -3.85. The van der Waals surface area contributed by atoms with Gasteiger partial charge in [0.15, 0.2) is 0 Å². The number of ether oxygens (including phenoxy) is 1. The molecule has 0 unspecified atom stereocenters. The second kappa shape index (κ2) is 10.4. The molecule has 0 bridgehead atoms. The van der Waals surface area contributed by atoms with Gasteiger partial charge in [0.1, 0.15) is 10.7 Å². The molecule has 0 saturated heterocycles. The summed E-state index contributed by atoms with van der Waals surface area (Å²) in [4.78, 5) is 50.9. The number of benzene rings is 3. The molecule has 0 spiro atoms. The summed E-state index contributed by atoms with van der Waals surface area (Å²) in [6.45, 7) is 0. The number of anilines is 3. The molecule has 0 fully saturated rings. The van der Waals surface area contributed by atoms with E-state index in [4.69, 9.17) is 34.8 Å². The number of carbonyl (C=O) groups excluding carboxylic acids is 4. The van der Waals surface area contributed by atoms with E-state index in [0.717, 1.165) is 4.90 Å². The standard InChI is InChI=1S/C25H16Cl3N3O5/c1-36-25(35)14-3-2-4-17(11-14)31-23(33)20(28)21(24(31)34)29-15-7-5-13(6-8-15)22(32)30-16-9-10-18(26)19(27)12-16/h2-12,29H,1H3,(H,30,32). The highest BCUT2D eigenvalue weighted by molar-refractivity contribution is 6.53. The van der Waals surface area contributed by atoms with Crippen molar-refractivity contribution in [3.05, 3.63) is 98.6 Å². The fraction of sp³-hybridized carbons (Fsp3) is 0.0400. The van der Waals surface area contributed by atoms with E-state index in [2.05, 4.69) is 15.4 Å². The van der Waals surface area contributed by atoms with Crippen LogP contribution in [0.4, 0.5) is 17.1 Å². The lowest BCUT2D eigenvalue weighted by Crippen LogP contribution is -2.32. The molecule has 3 amide bonds. The predicted molar refractivity (Wildman–Crippen MR) is 138 cm³/mol. The maximum atomic E-state index is 13.0. The van der Waals surface area contributed by atoms with Gasteiger partial charge in [-0.3, -0.25) is 14.4 Å². The highest BCUT2D eigenvalue weighted by Gasteiger charge is 2.39. The van der Waals surface area contributed by atoms with Crippen LogP contribution in [-0.4, -0.2) is 30.8 Å². The van der Waals surface area contributed by atoms with Crippen LogP contribution in [0.3, 0.4) is 0 Å². The second-order valence-electron chi connectivity index (χ2n) is 7.46. The molecule has 11 heteroatoms. The minimum Gasteiger partial charge on any atom is -0.465 e. The van der Waals surface area contributed by atoms with Gasteiger partial charge in [-0.25, -0.2) is 9.69 Å². The van der Waals surface area contributed by atoms with Gasteiger partial charge in [0.25, 0.3) is 17.7 Å². The number of amides is 3. The van der Waals surface area contributed by atoms with Crippen molar-refractivity contribution >= 4 is 75.6 Å². The first-order valence-corrected chi connectivity index (χ1v) is 11.4. The van der Waals surface area contributed by atoms with Crippen molar-refractivity contribution in [2.75, 3.05) is 22.6 Å². The zero-order valence-electron chi connectivity index (χ0n) is 18.5. The number of esters is 1.